The molecule has 1 atom stereocenters. The summed E-state index contributed by atoms with van der Waals surface area (Å²) >= 11 is 0. The van der Waals surface area contributed by atoms with Crippen molar-refractivity contribution in [2.75, 3.05) is 32.2 Å². The van der Waals surface area contributed by atoms with Gasteiger partial charge in [0.1, 0.15) is 11.5 Å². The van der Waals surface area contributed by atoms with E-state index < -0.39 is 0 Å². The molecule has 1 aromatic carbocycles. The van der Waals surface area contributed by atoms with Crippen molar-refractivity contribution in [3.63, 3.8) is 0 Å². The average Bonchev–Trinajstić information content (AvgIpc) is 2.73. The first-order chi connectivity index (χ1) is 13.2. The number of nitrogens with one attached hydrogen (secondary N) is 2. The van der Waals surface area contributed by atoms with Gasteiger partial charge in [0.25, 0.3) is 0 Å². The molecule has 8 nitrogen and oxygen atoms in total. The van der Waals surface area contributed by atoms with Crippen molar-refractivity contribution in [3.05, 3.63) is 42.2 Å². The Hall–Kier alpha value is -3.03. The normalized spacial score (nSPS) is 16.5. The summed E-state index contributed by atoms with van der Waals surface area (Å²) in [6.07, 6.45) is 5.37. The van der Waals surface area contributed by atoms with E-state index in [1.165, 1.54) is 0 Å². The monoisotopic (exact) mass is 371 g/mol. The van der Waals surface area contributed by atoms with E-state index in [1.807, 2.05) is 18.2 Å². The van der Waals surface area contributed by atoms with Gasteiger partial charge in [-0.05, 0) is 37.1 Å². The van der Waals surface area contributed by atoms with Crippen molar-refractivity contribution in [1.82, 2.24) is 20.6 Å². The van der Waals surface area contributed by atoms with Gasteiger partial charge in [0, 0.05) is 43.6 Å². The predicted molar refractivity (Wildman–Crippen MR) is 102 cm³/mol. The van der Waals surface area contributed by atoms with Crippen molar-refractivity contribution in [2.45, 2.75) is 25.4 Å². The standard InChI is InChI=1S/C19H25N5O3/c1-26-16-6-7-17(27-2)14(11-16)12-22-19(25)23-15-5-3-10-24(13-15)18-20-8-4-9-21-18/h4,6-9,11,15H,3,5,10,12-13H2,1-2H3,(H2,22,23,25). The van der Waals surface area contributed by atoms with Gasteiger partial charge in [-0.25, -0.2) is 14.8 Å². The number of amides is 2. The molecule has 0 aliphatic carbocycles. The summed E-state index contributed by atoms with van der Waals surface area (Å²) in [5.74, 6) is 2.13. The zero-order chi connectivity index (χ0) is 19.1. The lowest BCUT2D eigenvalue weighted by atomic mass is 10.1. The van der Waals surface area contributed by atoms with Crippen LogP contribution in [0.4, 0.5) is 10.7 Å². The van der Waals surface area contributed by atoms with E-state index in [9.17, 15) is 4.79 Å². The lowest BCUT2D eigenvalue weighted by molar-refractivity contribution is 0.234. The van der Waals surface area contributed by atoms with Crippen LogP contribution in [0.2, 0.25) is 0 Å². The summed E-state index contributed by atoms with van der Waals surface area (Å²) in [6, 6.07) is 7.14. The number of urea groups is 1. The summed E-state index contributed by atoms with van der Waals surface area (Å²) in [5.41, 5.74) is 0.856. The van der Waals surface area contributed by atoms with Crippen LogP contribution in [-0.2, 0) is 6.54 Å². The third kappa shape index (κ3) is 4.99. The van der Waals surface area contributed by atoms with E-state index in [1.54, 1.807) is 32.7 Å². The van der Waals surface area contributed by atoms with E-state index in [4.69, 9.17) is 9.47 Å². The van der Waals surface area contributed by atoms with Crippen LogP contribution in [0, 0.1) is 0 Å². The number of methoxy groups -OCH3 is 2. The van der Waals surface area contributed by atoms with Crippen molar-refractivity contribution >= 4 is 12.0 Å². The summed E-state index contributed by atoms with van der Waals surface area (Å²) in [5, 5.41) is 5.93. The molecule has 0 spiro atoms. The lowest BCUT2D eigenvalue weighted by Gasteiger charge is -2.33. The van der Waals surface area contributed by atoms with E-state index in [0.717, 1.165) is 30.7 Å². The van der Waals surface area contributed by atoms with Crippen LogP contribution < -0.4 is 25.0 Å². The molecule has 0 saturated carbocycles. The lowest BCUT2D eigenvalue weighted by Crippen LogP contribution is -2.50. The Balaban J connectivity index is 1.53. The quantitative estimate of drug-likeness (QED) is 0.807. The Morgan fingerprint density at radius 3 is 2.81 bits per heavy atom. The van der Waals surface area contributed by atoms with Gasteiger partial charge in [0.2, 0.25) is 5.95 Å². The third-order valence-electron chi connectivity index (χ3n) is 4.52. The van der Waals surface area contributed by atoms with Gasteiger partial charge in [0.05, 0.1) is 14.2 Å². The maximum atomic E-state index is 12.3. The molecule has 2 aromatic rings. The van der Waals surface area contributed by atoms with Crippen molar-refractivity contribution in [1.29, 1.82) is 0 Å². The van der Waals surface area contributed by atoms with E-state index in [2.05, 4.69) is 25.5 Å². The second-order valence-corrected chi connectivity index (χ2v) is 6.34. The predicted octanol–water partition coefficient (Wildman–Crippen LogP) is 1.96. The zero-order valence-corrected chi connectivity index (χ0v) is 15.6. The molecule has 3 rings (SSSR count). The van der Waals surface area contributed by atoms with E-state index >= 15 is 0 Å². The minimum absolute atomic E-state index is 0.0507. The fraction of sp³-hybridized carbons (Fsp3) is 0.421. The number of aromatic nitrogens is 2. The van der Waals surface area contributed by atoms with E-state index in [0.29, 0.717) is 24.8 Å². The van der Waals surface area contributed by atoms with Gasteiger partial charge in [-0.2, -0.15) is 0 Å². The molecule has 1 aromatic heterocycles. The molecule has 2 amide bonds. The maximum Gasteiger partial charge on any atom is 0.315 e. The van der Waals surface area contributed by atoms with Crippen molar-refractivity contribution in [3.8, 4) is 11.5 Å². The number of rotatable bonds is 6. The Morgan fingerprint density at radius 1 is 1.26 bits per heavy atom. The Bertz CT molecular complexity index is 756. The largest absolute Gasteiger partial charge is 0.497 e. The van der Waals surface area contributed by atoms with Crippen molar-refractivity contribution < 1.29 is 14.3 Å². The summed E-state index contributed by atoms with van der Waals surface area (Å²) in [6.45, 7) is 1.94. The molecular formula is C19H25N5O3. The molecule has 144 valence electrons. The van der Waals surface area contributed by atoms with Gasteiger partial charge in [-0.15, -0.1) is 0 Å². The van der Waals surface area contributed by atoms with Gasteiger partial charge >= 0.3 is 6.03 Å². The minimum Gasteiger partial charge on any atom is -0.497 e. The molecule has 0 radical (unpaired) electrons. The molecule has 1 fully saturated rings. The molecule has 0 bridgehead atoms. The fourth-order valence-electron chi connectivity index (χ4n) is 3.16. The first-order valence-electron chi connectivity index (χ1n) is 8.97. The highest BCUT2D eigenvalue weighted by molar-refractivity contribution is 5.74. The van der Waals surface area contributed by atoms with Gasteiger partial charge in [0.15, 0.2) is 0 Å². The summed E-state index contributed by atoms with van der Waals surface area (Å²) < 4.78 is 10.6. The van der Waals surface area contributed by atoms with Crippen LogP contribution in [0.1, 0.15) is 18.4 Å². The van der Waals surface area contributed by atoms with Crippen LogP contribution >= 0.6 is 0 Å². The molecule has 1 saturated heterocycles. The first kappa shape index (κ1) is 18.8. The number of carbonyl (C=O) groups is 1. The number of anilines is 1. The Morgan fingerprint density at radius 2 is 2.07 bits per heavy atom. The first-order valence-corrected chi connectivity index (χ1v) is 8.97. The Kier molecular flexibility index (Phi) is 6.30. The smallest absolute Gasteiger partial charge is 0.315 e. The van der Waals surface area contributed by atoms with Gasteiger partial charge < -0.3 is 25.0 Å². The molecule has 2 heterocycles. The molecule has 8 heteroatoms. The van der Waals surface area contributed by atoms with Crippen LogP contribution in [0.25, 0.3) is 0 Å². The number of ether oxygens (including phenoxy) is 2. The topological polar surface area (TPSA) is 88.6 Å². The molecule has 2 N–H and O–H groups in total. The second-order valence-electron chi connectivity index (χ2n) is 6.34. The van der Waals surface area contributed by atoms with Gasteiger partial charge in [-0.1, -0.05) is 0 Å². The maximum absolute atomic E-state index is 12.3. The fourth-order valence-corrected chi connectivity index (χ4v) is 3.16. The number of hydrogen-bond donors (Lipinski definition) is 2. The SMILES string of the molecule is COc1ccc(OC)c(CNC(=O)NC2CCCN(c3ncccn3)C2)c1. The molecule has 1 aliphatic rings. The van der Waals surface area contributed by atoms with Crippen molar-refractivity contribution in [2.24, 2.45) is 0 Å². The Labute approximate surface area is 158 Å². The highest BCUT2D eigenvalue weighted by Crippen LogP contribution is 2.23. The highest BCUT2D eigenvalue weighted by Gasteiger charge is 2.23. The minimum atomic E-state index is -0.208. The average molecular weight is 371 g/mol. The third-order valence-corrected chi connectivity index (χ3v) is 4.52. The highest BCUT2D eigenvalue weighted by atomic mass is 16.5. The molecule has 1 unspecified atom stereocenters. The number of piperidine rings is 1. The molecular weight excluding hydrogens is 346 g/mol. The summed E-state index contributed by atoms with van der Waals surface area (Å²) in [7, 11) is 3.21. The number of carbonyl (C=O) groups excluding carboxylic acids is 1. The molecule has 1 aliphatic heterocycles. The van der Waals surface area contributed by atoms with Crippen LogP contribution in [0.5, 0.6) is 11.5 Å². The zero-order valence-electron chi connectivity index (χ0n) is 15.6. The van der Waals surface area contributed by atoms with Gasteiger partial charge in [-0.3, -0.25) is 0 Å². The number of hydrogen-bond acceptors (Lipinski definition) is 6. The molecule has 27 heavy (non-hydrogen) atoms. The van der Waals surface area contributed by atoms with Crippen LogP contribution in [0.15, 0.2) is 36.7 Å². The van der Waals surface area contributed by atoms with Crippen LogP contribution in [-0.4, -0.2) is 49.4 Å². The number of benzene rings is 1. The summed E-state index contributed by atoms with van der Waals surface area (Å²) in [4.78, 5) is 23.0. The number of nitrogens with zero attached hydrogens (tertiary/aromatic N) is 3. The second kappa shape index (κ2) is 9.07. The van der Waals surface area contributed by atoms with E-state index in [-0.39, 0.29) is 12.1 Å². The van der Waals surface area contributed by atoms with Crippen LogP contribution in [0.3, 0.4) is 0 Å².